The molecule has 0 aliphatic carbocycles. The third-order valence-electron chi connectivity index (χ3n) is 7.01. The van der Waals surface area contributed by atoms with Crippen molar-refractivity contribution in [1.82, 2.24) is 4.90 Å². The third kappa shape index (κ3) is 7.66. The average molecular weight is 554 g/mol. The molecule has 7 nitrogen and oxygen atoms in total. The van der Waals surface area contributed by atoms with Crippen molar-refractivity contribution in [3.63, 3.8) is 0 Å². The zero-order valence-electron chi connectivity index (χ0n) is 23.4. The summed E-state index contributed by atoms with van der Waals surface area (Å²) in [5.41, 5.74) is 5.50. The molecule has 0 fully saturated rings. The number of hydrogen-bond donors (Lipinski definition) is 2. The molecule has 0 heterocycles. The number of ether oxygens (including phenoxy) is 2. The van der Waals surface area contributed by atoms with Crippen molar-refractivity contribution in [2.75, 3.05) is 20.8 Å². The fraction of sp³-hybridized carbons (Fsp3) is 0.235. The van der Waals surface area contributed by atoms with E-state index in [1.54, 1.807) is 4.90 Å². The van der Waals surface area contributed by atoms with Crippen LogP contribution in [0.5, 0.6) is 17.2 Å². The SMILES string of the molecule is COc1cc(C(=O)N(CCCc2ccccc2)Cc2ccc(-c3ccccc3CCC(=O)O)cc2)cc(OC)c1O. The first kappa shape index (κ1) is 29.2. The first-order chi connectivity index (χ1) is 19.9. The monoisotopic (exact) mass is 553 g/mol. The van der Waals surface area contributed by atoms with Crippen LogP contribution in [-0.2, 0) is 24.2 Å². The number of phenolic OH excluding ortho intramolecular Hbond substituents is 1. The summed E-state index contributed by atoms with van der Waals surface area (Å²) in [6, 6.07) is 29.0. The molecule has 0 saturated carbocycles. The minimum absolute atomic E-state index is 0.0714. The topological polar surface area (TPSA) is 96.3 Å². The first-order valence-electron chi connectivity index (χ1n) is 13.6. The Balaban J connectivity index is 1.57. The number of hydrogen-bond acceptors (Lipinski definition) is 5. The Morgan fingerprint density at radius 1 is 0.780 bits per heavy atom. The number of benzene rings is 4. The molecule has 7 heteroatoms. The highest BCUT2D eigenvalue weighted by molar-refractivity contribution is 5.95. The molecule has 4 rings (SSSR count). The van der Waals surface area contributed by atoms with Gasteiger partial charge in [0, 0.05) is 25.1 Å². The summed E-state index contributed by atoms with van der Waals surface area (Å²) in [6.45, 7) is 0.916. The van der Waals surface area contributed by atoms with E-state index in [1.807, 2.05) is 66.7 Å². The van der Waals surface area contributed by atoms with Gasteiger partial charge in [-0.3, -0.25) is 9.59 Å². The number of methoxy groups -OCH3 is 2. The van der Waals surface area contributed by atoms with Crippen LogP contribution >= 0.6 is 0 Å². The van der Waals surface area contributed by atoms with Crippen LogP contribution in [0.4, 0.5) is 0 Å². The first-order valence-corrected chi connectivity index (χ1v) is 13.6. The lowest BCUT2D eigenvalue weighted by Crippen LogP contribution is -2.32. The van der Waals surface area contributed by atoms with E-state index in [0.717, 1.165) is 35.1 Å². The van der Waals surface area contributed by atoms with Gasteiger partial charge in [-0.2, -0.15) is 0 Å². The number of carbonyl (C=O) groups is 2. The van der Waals surface area contributed by atoms with Gasteiger partial charge in [0.05, 0.1) is 14.2 Å². The number of aryl methyl sites for hydroxylation is 2. The summed E-state index contributed by atoms with van der Waals surface area (Å²) in [5.74, 6) is -0.832. The van der Waals surface area contributed by atoms with Gasteiger partial charge in [0.2, 0.25) is 5.75 Å². The maximum absolute atomic E-state index is 13.8. The molecule has 1 amide bonds. The molecule has 0 unspecified atom stereocenters. The van der Waals surface area contributed by atoms with Crippen LogP contribution in [0.25, 0.3) is 11.1 Å². The van der Waals surface area contributed by atoms with Crippen LogP contribution in [0, 0.1) is 0 Å². The molecule has 0 atom stereocenters. The van der Waals surface area contributed by atoms with E-state index < -0.39 is 5.97 Å². The predicted octanol–water partition coefficient (Wildman–Crippen LogP) is 6.37. The quantitative estimate of drug-likeness (QED) is 0.200. The van der Waals surface area contributed by atoms with E-state index in [2.05, 4.69) is 12.1 Å². The summed E-state index contributed by atoms with van der Waals surface area (Å²) >= 11 is 0. The van der Waals surface area contributed by atoms with Gasteiger partial charge in [-0.25, -0.2) is 0 Å². The van der Waals surface area contributed by atoms with Crippen molar-refractivity contribution in [1.29, 1.82) is 0 Å². The smallest absolute Gasteiger partial charge is 0.303 e. The molecule has 2 N–H and O–H groups in total. The number of rotatable bonds is 13. The molecule has 4 aromatic rings. The lowest BCUT2D eigenvalue weighted by atomic mass is 9.96. The van der Waals surface area contributed by atoms with Crippen LogP contribution in [0.15, 0.2) is 91.0 Å². The minimum atomic E-state index is -0.823. The van der Waals surface area contributed by atoms with Crippen LogP contribution in [0.2, 0.25) is 0 Å². The maximum atomic E-state index is 13.8. The Morgan fingerprint density at radius 3 is 2.05 bits per heavy atom. The normalized spacial score (nSPS) is 10.7. The number of aliphatic carboxylic acids is 1. The van der Waals surface area contributed by atoms with Crippen molar-refractivity contribution in [3.05, 3.63) is 113 Å². The molecule has 0 aromatic heterocycles. The summed E-state index contributed by atoms with van der Waals surface area (Å²) in [5, 5.41) is 19.5. The van der Waals surface area contributed by atoms with E-state index in [0.29, 0.717) is 25.1 Å². The standard InChI is InChI=1S/C34H35NO6/c1-40-30-21-28(22-31(41-2)33(30)38)34(39)35(20-8-11-24-9-4-3-5-10-24)23-25-14-16-27(17-15-25)29-13-7-6-12-26(29)18-19-32(36)37/h3-7,9-10,12-17,21-22,38H,8,11,18-20,23H2,1-2H3,(H,36,37). The van der Waals surface area contributed by atoms with Gasteiger partial charge in [-0.1, -0.05) is 78.9 Å². The number of carboxylic acid groups (broad SMARTS) is 1. The molecular weight excluding hydrogens is 518 g/mol. The van der Waals surface area contributed by atoms with Gasteiger partial charge < -0.3 is 24.6 Å². The van der Waals surface area contributed by atoms with Crippen LogP contribution in [0.1, 0.15) is 39.9 Å². The maximum Gasteiger partial charge on any atom is 0.303 e. The van der Waals surface area contributed by atoms with E-state index in [9.17, 15) is 14.7 Å². The predicted molar refractivity (Wildman–Crippen MR) is 159 cm³/mol. The van der Waals surface area contributed by atoms with Gasteiger partial charge >= 0.3 is 5.97 Å². The Morgan fingerprint density at radius 2 is 1.41 bits per heavy atom. The summed E-state index contributed by atoms with van der Waals surface area (Å²) in [6.07, 6.45) is 2.13. The van der Waals surface area contributed by atoms with Gasteiger partial charge in [-0.05, 0) is 59.2 Å². The zero-order chi connectivity index (χ0) is 29.2. The Hall–Kier alpha value is -4.78. The summed E-state index contributed by atoms with van der Waals surface area (Å²) in [7, 11) is 2.86. The molecule has 4 aromatic carbocycles. The highest BCUT2D eigenvalue weighted by Gasteiger charge is 2.21. The minimum Gasteiger partial charge on any atom is -0.502 e. The molecule has 0 saturated heterocycles. The van der Waals surface area contributed by atoms with Crippen LogP contribution < -0.4 is 9.47 Å². The van der Waals surface area contributed by atoms with Gasteiger partial charge in [0.15, 0.2) is 11.5 Å². The van der Waals surface area contributed by atoms with Crippen molar-refractivity contribution in [3.8, 4) is 28.4 Å². The fourth-order valence-electron chi connectivity index (χ4n) is 4.84. The lowest BCUT2D eigenvalue weighted by Gasteiger charge is -2.24. The number of aromatic hydroxyl groups is 1. The number of carboxylic acids is 1. The van der Waals surface area contributed by atoms with Gasteiger partial charge in [-0.15, -0.1) is 0 Å². The zero-order valence-corrected chi connectivity index (χ0v) is 23.4. The molecule has 0 aliphatic heterocycles. The average Bonchev–Trinajstić information content (AvgIpc) is 3.00. The highest BCUT2D eigenvalue weighted by Crippen LogP contribution is 2.37. The second-order valence-corrected chi connectivity index (χ2v) is 9.79. The van der Waals surface area contributed by atoms with E-state index in [-0.39, 0.29) is 29.6 Å². The van der Waals surface area contributed by atoms with E-state index in [1.165, 1.54) is 31.9 Å². The van der Waals surface area contributed by atoms with Gasteiger partial charge in [0.1, 0.15) is 0 Å². The van der Waals surface area contributed by atoms with Crippen LogP contribution in [0.3, 0.4) is 0 Å². The van der Waals surface area contributed by atoms with E-state index >= 15 is 0 Å². The summed E-state index contributed by atoms with van der Waals surface area (Å²) in [4.78, 5) is 26.7. The van der Waals surface area contributed by atoms with Crippen molar-refractivity contribution in [2.45, 2.75) is 32.2 Å². The Labute approximate surface area is 240 Å². The lowest BCUT2D eigenvalue weighted by molar-refractivity contribution is -0.136. The van der Waals surface area contributed by atoms with Crippen molar-refractivity contribution in [2.24, 2.45) is 0 Å². The highest BCUT2D eigenvalue weighted by atomic mass is 16.5. The molecule has 0 bridgehead atoms. The van der Waals surface area contributed by atoms with Crippen molar-refractivity contribution < 1.29 is 29.3 Å². The molecular formula is C34H35NO6. The molecule has 212 valence electrons. The van der Waals surface area contributed by atoms with E-state index in [4.69, 9.17) is 14.6 Å². The van der Waals surface area contributed by atoms with Crippen LogP contribution in [-0.4, -0.2) is 47.8 Å². The number of phenols is 1. The third-order valence-corrected chi connectivity index (χ3v) is 7.01. The largest absolute Gasteiger partial charge is 0.502 e. The van der Waals surface area contributed by atoms with Crippen molar-refractivity contribution >= 4 is 11.9 Å². The number of carbonyl (C=O) groups excluding carboxylic acids is 1. The van der Waals surface area contributed by atoms with Gasteiger partial charge in [0.25, 0.3) is 5.91 Å². The fourth-order valence-corrected chi connectivity index (χ4v) is 4.84. The number of nitrogens with zero attached hydrogens (tertiary/aromatic N) is 1. The summed E-state index contributed by atoms with van der Waals surface area (Å²) < 4.78 is 10.6. The Bertz CT molecular complexity index is 1440. The Kier molecular flexibility index (Phi) is 9.99. The second kappa shape index (κ2) is 14.0. The molecule has 41 heavy (non-hydrogen) atoms. The number of amides is 1. The molecule has 0 spiro atoms. The molecule has 0 radical (unpaired) electrons. The second-order valence-electron chi connectivity index (χ2n) is 9.79. The molecule has 0 aliphatic rings.